The minimum atomic E-state index is -0.385. The van der Waals surface area contributed by atoms with Gasteiger partial charge >= 0.3 is 5.97 Å². The van der Waals surface area contributed by atoms with Crippen molar-refractivity contribution >= 4 is 23.2 Å². The van der Waals surface area contributed by atoms with Crippen molar-refractivity contribution in [2.45, 2.75) is 51.0 Å². The molecule has 2 aromatic carbocycles. The molecule has 0 radical (unpaired) electrons. The van der Waals surface area contributed by atoms with Gasteiger partial charge < -0.3 is 9.30 Å². The van der Waals surface area contributed by atoms with Crippen molar-refractivity contribution in [3.8, 4) is 17.3 Å². The van der Waals surface area contributed by atoms with Crippen molar-refractivity contribution in [2.75, 3.05) is 7.11 Å². The van der Waals surface area contributed by atoms with Crippen LogP contribution in [0.4, 0.5) is 0 Å². The number of carbonyl (C=O) groups excluding carboxylic acids is 2. The Kier molecular flexibility index (Phi) is 6.18. The van der Waals surface area contributed by atoms with Gasteiger partial charge in [0.25, 0.3) is 0 Å². The van der Waals surface area contributed by atoms with Crippen molar-refractivity contribution in [1.82, 2.24) is 4.57 Å². The summed E-state index contributed by atoms with van der Waals surface area (Å²) in [7, 11) is 1.38. The molecule has 158 valence electrons. The summed E-state index contributed by atoms with van der Waals surface area (Å²) in [4.78, 5) is 24.1. The second-order valence-corrected chi connectivity index (χ2v) is 8.09. The van der Waals surface area contributed by atoms with Gasteiger partial charge in [-0.3, -0.25) is 4.79 Å². The Labute approximate surface area is 182 Å². The topological polar surface area (TPSA) is 72.1 Å². The summed E-state index contributed by atoms with van der Waals surface area (Å²) in [5, 5.41) is 10.4. The number of rotatable bonds is 6. The van der Waals surface area contributed by atoms with Crippen LogP contribution >= 0.6 is 0 Å². The van der Waals surface area contributed by atoms with Crippen LogP contribution in [0.2, 0.25) is 0 Å². The lowest BCUT2D eigenvalue weighted by Gasteiger charge is -2.24. The van der Waals surface area contributed by atoms with E-state index in [0.717, 1.165) is 41.3 Å². The summed E-state index contributed by atoms with van der Waals surface area (Å²) < 4.78 is 7.06. The van der Waals surface area contributed by atoms with Crippen LogP contribution in [-0.2, 0) is 11.3 Å². The number of aromatic nitrogens is 1. The van der Waals surface area contributed by atoms with Crippen LogP contribution in [-0.4, -0.2) is 23.9 Å². The normalized spacial score (nSPS) is 14.3. The first-order valence-corrected chi connectivity index (χ1v) is 10.9. The molecule has 0 N–H and O–H groups in total. The molecule has 31 heavy (non-hydrogen) atoms. The Bertz CT molecular complexity index is 1160. The lowest BCUT2D eigenvalue weighted by Crippen LogP contribution is -2.08. The molecule has 1 fully saturated rings. The maximum atomic E-state index is 12.2. The van der Waals surface area contributed by atoms with Crippen LogP contribution in [0.1, 0.15) is 70.7 Å². The maximum Gasteiger partial charge on any atom is 0.337 e. The van der Waals surface area contributed by atoms with Gasteiger partial charge in [-0.2, -0.15) is 5.26 Å². The predicted octanol–water partition coefficient (Wildman–Crippen LogP) is 5.87. The Morgan fingerprint density at radius 3 is 2.68 bits per heavy atom. The highest BCUT2D eigenvalue weighted by Gasteiger charge is 2.27. The molecular formula is C26H26N2O3. The summed E-state index contributed by atoms with van der Waals surface area (Å²) in [6.45, 7) is 0.493. The van der Waals surface area contributed by atoms with E-state index < -0.39 is 0 Å². The second kappa shape index (κ2) is 9.18. The van der Waals surface area contributed by atoms with Gasteiger partial charge in [-0.25, -0.2) is 4.79 Å². The fourth-order valence-electron chi connectivity index (χ4n) is 4.93. The standard InChI is InChI=1S/C26H26N2O3/c1-31-26(30)19-12-13-22-23(16-19)28(15-7-14-27)25(21-11-6-5-10-20(21)17-29)24(22)18-8-3-2-4-9-18/h5-6,10-13,16-18H,2-4,7-9,15H2,1H3. The largest absolute Gasteiger partial charge is 0.465 e. The number of methoxy groups -OCH3 is 1. The molecule has 0 unspecified atom stereocenters. The summed E-state index contributed by atoms with van der Waals surface area (Å²) in [5.41, 5.74) is 5.14. The lowest BCUT2D eigenvalue weighted by molar-refractivity contribution is 0.0600. The molecule has 0 saturated heterocycles. The van der Waals surface area contributed by atoms with Crippen molar-refractivity contribution in [2.24, 2.45) is 0 Å². The zero-order valence-electron chi connectivity index (χ0n) is 17.8. The highest BCUT2D eigenvalue weighted by atomic mass is 16.5. The number of nitriles is 1. The fraction of sp³-hybridized carbons (Fsp3) is 0.346. The molecule has 5 nitrogen and oxygen atoms in total. The SMILES string of the molecule is COC(=O)c1ccc2c(C3CCCCC3)c(-c3ccccc3C=O)n(CCC#N)c2c1. The summed E-state index contributed by atoms with van der Waals surface area (Å²) in [6, 6.07) is 15.5. The van der Waals surface area contributed by atoms with E-state index in [2.05, 4.69) is 10.6 Å². The Balaban J connectivity index is 2.06. The number of hydrogen-bond donors (Lipinski definition) is 0. The Hall–Kier alpha value is -3.39. The highest BCUT2D eigenvalue weighted by Crippen LogP contribution is 2.45. The number of fused-ring (bicyclic) bond motifs is 1. The molecule has 1 aromatic heterocycles. The fourth-order valence-corrected chi connectivity index (χ4v) is 4.93. The highest BCUT2D eigenvalue weighted by molar-refractivity contribution is 6.00. The van der Waals surface area contributed by atoms with E-state index in [1.807, 2.05) is 42.5 Å². The minimum absolute atomic E-state index is 0.340. The van der Waals surface area contributed by atoms with Crippen LogP contribution in [0, 0.1) is 11.3 Å². The van der Waals surface area contributed by atoms with Gasteiger partial charge in [0.05, 0.1) is 30.9 Å². The number of aryl methyl sites for hydroxylation is 1. The molecule has 0 spiro atoms. The zero-order valence-corrected chi connectivity index (χ0v) is 17.8. The van der Waals surface area contributed by atoms with E-state index in [0.29, 0.717) is 30.0 Å². The van der Waals surface area contributed by atoms with E-state index in [9.17, 15) is 14.9 Å². The Morgan fingerprint density at radius 1 is 1.19 bits per heavy atom. The molecule has 0 atom stereocenters. The quantitative estimate of drug-likeness (QED) is 0.374. The van der Waals surface area contributed by atoms with E-state index >= 15 is 0 Å². The third-order valence-electron chi connectivity index (χ3n) is 6.33. The first-order valence-electron chi connectivity index (χ1n) is 10.9. The zero-order chi connectivity index (χ0) is 21.8. The van der Waals surface area contributed by atoms with Crippen LogP contribution in [0.25, 0.3) is 22.2 Å². The van der Waals surface area contributed by atoms with Crippen LogP contribution in [0.3, 0.4) is 0 Å². The van der Waals surface area contributed by atoms with Crippen molar-refractivity contribution < 1.29 is 14.3 Å². The number of esters is 1. The third kappa shape index (κ3) is 3.86. The van der Waals surface area contributed by atoms with Gasteiger partial charge in [0.2, 0.25) is 0 Å². The lowest BCUT2D eigenvalue weighted by atomic mass is 9.81. The van der Waals surface area contributed by atoms with Crippen molar-refractivity contribution in [3.05, 3.63) is 59.2 Å². The van der Waals surface area contributed by atoms with E-state index in [1.165, 1.54) is 31.9 Å². The third-order valence-corrected chi connectivity index (χ3v) is 6.33. The molecule has 3 aromatic rings. The molecule has 4 rings (SSSR count). The molecular weight excluding hydrogens is 388 g/mol. The Morgan fingerprint density at radius 2 is 1.97 bits per heavy atom. The van der Waals surface area contributed by atoms with Gasteiger partial charge in [-0.15, -0.1) is 0 Å². The van der Waals surface area contributed by atoms with Crippen LogP contribution in [0.15, 0.2) is 42.5 Å². The molecule has 1 aliphatic carbocycles. The van der Waals surface area contributed by atoms with Gasteiger partial charge in [0, 0.05) is 28.6 Å². The molecule has 0 bridgehead atoms. The van der Waals surface area contributed by atoms with Gasteiger partial charge in [-0.05, 0) is 36.5 Å². The van der Waals surface area contributed by atoms with Crippen LogP contribution < -0.4 is 0 Å². The number of hydrogen-bond acceptors (Lipinski definition) is 4. The summed E-state index contributed by atoms with van der Waals surface area (Å²) in [5.74, 6) is 0.00209. The summed E-state index contributed by atoms with van der Waals surface area (Å²) >= 11 is 0. The number of ether oxygens (including phenoxy) is 1. The molecule has 1 saturated carbocycles. The molecule has 1 heterocycles. The average Bonchev–Trinajstić information content (AvgIpc) is 3.15. The number of nitrogens with zero attached hydrogens (tertiary/aromatic N) is 2. The van der Waals surface area contributed by atoms with Gasteiger partial charge in [0.15, 0.2) is 6.29 Å². The monoisotopic (exact) mass is 414 g/mol. The minimum Gasteiger partial charge on any atom is -0.465 e. The molecule has 0 amide bonds. The average molecular weight is 415 g/mol. The van der Waals surface area contributed by atoms with Crippen molar-refractivity contribution in [3.63, 3.8) is 0 Å². The van der Waals surface area contributed by atoms with E-state index in [1.54, 1.807) is 0 Å². The first-order chi connectivity index (χ1) is 15.2. The smallest absolute Gasteiger partial charge is 0.337 e. The second-order valence-electron chi connectivity index (χ2n) is 8.09. The van der Waals surface area contributed by atoms with Crippen LogP contribution in [0.5, 0.6) is 0 Å². The predicted molar refractivity (Wildman–Crippen MR) is 120 cm³/mol. The number of aldehydes is 1. The maximum absolute atomic E-state index is 12.2. The van der Waals surface area contributed by atoms with Gasteiger partial charge in [-0.1, -0.05) is 49.6 Å². The molecule has 0 aliphatic heterocycles. The van der Waals surface area contributed by atoms with Gasteiger partial charge in [0.1, 0.15) is 0 Å². The number of benzene rings is 2. The molecule has 1 aliphatic rings. The molecule has 5 heteroatoms. The van der Waals surface area contributed by atoms with Crippen molar-refractivity contribution in [1.29, 1.82) is 5.26 Å². The van der Waals surface area contributed by atoms with E-state index in [-0.39, 0.29) is 5.97 Å². The first kappa shape index (κ1) is 20.9. The number of carbonyl (C=O) groups is 2. The van der Waals surface area contributed by atoms with E-state index in [4.69, 9.17) is 4.74 Å². The summed E-state index contributed by atoms with van der Waals surface area (Å²) in [6.07, 6.45) is 7.06.